The lowest BCUT2D eigenvalue weighted by atomic mass is 9.92. The van der Waals surface area contributed by atoms with Gasteiger partial charge in [-0.25, -0.2) is 5.43 Å². The Hall–Kier alpha value is -3.62. The lowest BCUT2D eigenvalue weighted by Gasteiger charge is -2.16. The third kappa shape index (κ3) is 4.19. The van der Waals surface area contributed by atoms with Crippen LogP contribution in [-0.2, 0) is 0 Å². The molecule has 2 N–H and O–H groups in total. The van der Waals surface area contributed by atoms with Gasteiger partial charge in [-0.2, -0.15) is 5.10 Å². The van der Waals surface area contributed by atoms with Crippen molar-refractivity contribution in [3.8, 4) is 17.2 Å². The fourth-order valence-electron chi connectivity index (χ4n) is 3.06. The van der Waals surface area contributed by atoms with Gasteiger partial charge in [0.15, 0.2) is 11.5 Å². The smallest absolute Gasteiger partial charge is 0.282 e. The van der Waals surface area contributed by atoms with Gasteiger partial charge in [0.2, 0.25) is 6.79 Å². The van der Waals surface area contributed by atoms with Gasteiger partial charge in [-0.05, 0) is 35.1 Å². The molecule has 9 heteroatoms. The molecular formula is C21H23N3O6. The molecule has 158 valence electrons. The number of carbonyl (C=O) groups excluding carboxylic acids is 1. The average Bonchev–Trinajstić information content (AvgIpc) is 3.14. The van der Waals surface area contributed by atoms with Crippen molar-refractivity contribution >= 4 is 17.8 Å². The highest BCUT2D eigenvalue weighted by atomic mass is 16.7. The molecule has 0 spiro atoms. The standard InChI is InChI=1S/C21H23N3O6/c1-11(2)13-5-15(12(3)4)20(25)16(6-13)21(26)23-22-9-14-7-18-19(30-10-29-18)8-17(14)24(27)28/h5-9,11-12,25H,10H2,1-4H3,(H,23,26)/b22-9-. The summed E-state index contributed by atoms with van der Waals surface area (Å²) in [6, 6.07) is 6.18. The Labute approximate surface area is 173 Å². The molecule has 30 heavy (non-hydrogen) atoms. The Morgan fingerprint density at radius 1 is 1.17 bits per heavy atom. The fraction of sp³-hybridized carbons (Fsp3) is 0.333. The largest absolute Gasteiger partial charge is 0.507 e. The molecule has 1 aliphatic rings. The van der Waals surface area contributed by atoms with Gasteiger partial charge in [0, 0.05) is 0 Å². The minimum Gasteiger partial charge on any atom is -0.507 e. The Morgan fingerprint density at radius 2 is 1.83 bits per heavy atom. The molecule has 0 saturated heterocycles. The number of hydrogen-bond acceptors (Lipinski definition) is 7. The third-order valence-electron chi connectivity index (χ3n) is 4.78. The Kier molecular flexibility index (Phi) is 5.91. The molecule has 3 rings (SSSR count). The number of rotatable bonds is 6. The lowest BCUT2D eigenvalue weighted by Crippen LogP contribution is -2.19. The van der Waals surface area contributed by atoms with Crippen molar-refractivity contribution in [1.29, 1.82) is 0 Å². The van der Waals surface area contributed by atoms with Crippen molar-refractivity contribution < 1.29 is 24.3 Å². The minimum absolute atomic E-state index is 0.0204. The first-order valence-corrected chi connectivity index (χ1v) is 9.47. The first-order chi connectivity index (χ1) is 14.2. The molecular weight excluding hydrogens is 390 g/mol. The van der Waals surface area contributed by atoms with Crippen LogP contribution in [0, 0.1) is 10.1 Å². The summed E-state index contributed by atoms with van der Waals surface area (Å²) >= 11 is 0. The van der Waals surface area contributed by atoms with Crippen LogP contribution in [0.3, 0.4) is 0 Å². The topological polar surface area (TPSA) is 123 Å². The zero-order chi connectivity index (χ0) is 22.0. The van der Waals surface area contributed by atoms with E-state index in [0.717, 1.165) is 11.8 Å². The maximum absolute atomic E-state index is 12.6. The summed E-state index contributed by atoms with van der Waals surface area (Å²) in [5.41, 5.74) is 3.93. The number of ether oxygens (including phenoxy) is 2. The molecule has 1 amide bonds. The van der Waals surface area contributed by atoms with E-state index in [4.69, 9.17) is 9.47 Å². The van der Waals surface area contributed by atoms with E-state index in [1.54, 1.807) is 6.07 Å². The Bertz CT molecular complexity index is 1030. The summed E-state index contributed by atoms with van der Waals surface area (Å²) in [6.45, 7) is 7.83. The summed E-state index contributed by atoms with van der Waals surface area (Å²) < 4.78 is 10.4. The first-order valence-electron chi connectivity index (χ1n) is 9.47. The summed E-state index contributed by atoms with van der Waals surface area (Å²) in [4.78, 5) is 23.4. The highest BCUT2D eigenvalue weighted by Gasteiger charge is 2.23. The molecule has 1 heterocycles. The predicted molar refractivity (Wildman–Crippen MR) is 111 cm³/mol. The second kappa shape index (κ2) is 8.40. The maximum Gasteiger partial charge on any atom is 0.282 e. The number of nitrogens with zero attached hydrogens (tertiary/aromatic N) is 2. The molecule has 0 bridgehead atoms. The maximum atomic E-state index is 12.6. The number of nitro benzene ring substituents is 1. The van der Waals surface area contributed by atoms with E-state index in [-0.39, 0.29) is 46.9 Å². The van der Waals surface area contributed by atoms with Gasteiger partial charge in [-0.15, -0.1) is 0 Å². The highest BCUT2D eigenvalue weighted by molar-refractivity contribution is 5.98. The van der Waals surface area contributed by atoms with E-state index in [1.165, 1.54) is 12.1 Å². The van der Waals surface area contributed by atoms with Gasteiger partial charge >= 0.3 is 0 Å². The number of fused-ring (bicyclic) bond motifs is 1. The van der Waals surface area contributed by atoms with Gasteiger partial charge < -0.3 is 14.6 Å². The molecule has 0 unspecified atom stereocenters. The van der Waals surface area contributed by atoms with Crippen LogP contribution in [0.1, 0.15) is 66.6 Å². The van der Waals surface area contributed by atoms with Gasteiger partial charge in [-0.3, -0.25) is 14.9 Å². The van der Waals surface area contributed by atoms with E-state index in [0.29, 0.717) is 11.3 Å². The molecule has 1 aliphatic heterocycles. The molecule has 2 aromatic carbocycles. The van der Waals surface area contributed by atoms with Crippen LogP contribution < -0.4 is 14.9 Å². The number of nitro groups is 1. The zero-order valence-corrected chi connectivity index (χ0v) is 17.1. The summed E-state index contributed by atoms with van der Waals surface area (Å²) in [6.07, 6.45) is 1.16. The van der Waals surface area contributed by atoms with E-state index in [9.17, 15) is 20.0 Å². The summed E-state index contributed by atoms with van der Waals surface area (Å²) in [5, 5.41) is 25.7. The van der Waals surface area contributed by atoms with Crippen molar-refractivity contribution in [2.75, 3.05) is 6.79 Å². The average molecular weight is 413 g/mol. The van der Waals surface area contributed by atoms with Crippen LogP contribution in [-0.4, -0.2) is 28.9 Å². The number of nitrogens with one attached hydrogen (secondary N) is 1. The first kappa shape index (κ1) is 21.1. The molecule has 0 aliphatic carbocycles. The van der Waals surface area contributed by atoms with Crippen molar-refractivity contribution in [2.24, 2.45) is 5.10 Å². The van der Waals surface area contributed by atoms with Gasteiger partial charge in [0.1, 0.15) is 5.75 Å². The summed E-state index contributed by atoms with van der Waals surface area (Å²) in [7, 11) is 0. The second-order valence-corrected chi connectivity index (χ2v) is 7.54. The number of aromatic hydroxyl groups is 1. The number of carbonyl (C=O) groups is 1. The van der Waals surface area contributed by atoms with Crippen LogP contribution in [0.2, 0.25) is 0 Å². The van der Waals surface area contributed by atoms with Gasteiger partial charge in [0.05, 0.1) is 28.3 Å². The van der Waals surface area contributed by atoms with Crippen LogP contribution >= 0.6 is 0 Å². The van der Waals surface area contributed by atoms with Crippen LogP contribution in [0.4, 0.5) is 5.69 Å². The number of hydrogen-bond donors (Lipinski definition) is 2. The number of amides is 1. The number of phenols is 1. The second-order valence-electron chi connectivity index (χ2n) is 7.54. The fourth-order valence-corrected chi connectivity index (χ4v) is 3.06. The van der Waals surface area contributed by atoms with E-state index < -0.39 is 10.8 Å². The van der Waals surface area contributed by atoms with E-state index in [1.807, 2.05) is 33.8 Å². The zero-order valence-electron chi connectivity index (χ0n) is 17.1. The van der Waals surface area contributed by atoms with Gasteiger partial charge in [-0.1, -0.05) is 33.8 Å². The van der Waals surface area contributed by atoms with Crippen molar-refractivity contribution in [3.05, 3.63) is 56.6 Å². The minimum atomic E-state index is -0.614. The van der Waals surface area contributed by atoms with E-state index in [2.05, 4.69) is 10.5 Å². The van der Waals surface area contributed by atoms with Crippen molar-refractivity contribution in [3.63, 3.8) is 0 Å². The van der Waals surface area contributed by atoms with Crippen molar-refractivity contribution in [1.82, 2.24) is 5.43 Å². The monoisotopic (exact) mass is 413 g/mol. The number of phenolic OH excluding ortho intramolecular Hbond substituents is 1. The van der Waals surface area contributed by atoms with Crippen LogP contribution in [0.15, 0.2) is 29.4 Å². The molecule has 9 nitrogen and oxygen atoms in total. The molecule has 0 atom stereocenters. The van der Waals surface area contributed by atoms with Gasteiger partial charge in [0.25, 0.3) is 11.6 Å². The molecule has 2 aromatic rings. The van der Waals surface area contributed by atoms with Crippen LogP contribution in [0.5, 0.6) is 17.2 Å². The molecule has 0 aromatic heterocycles. The summed E-state index contributed by atoms with van der Waals surface area (Å²) in [5.74, 6) is 0.105. The number of hydrazone groups is 1. The quantitative estimate of drug-likeness (QED) is 0.418. The Morgan fingerprint density at radius 3 is 2.43 bits per heavy atom. The molecule has 0 saturated carbocycles. The molecule has 0 radical (unpaired) electrons. The SMILES string of the molecule is CC(C)c1cc(C(=O)N/N=C\c2cc3c(cc2[N+](=O)[O-])OCO3)c(O)c(C(C)C)c1. The Balaban J connectivity index is 1.88. The van der Waals surface area contributed by atoms with Crippen molar-refractivity contribution in [2.45, 2.75) is 39.5 Å². The number of benzene rings is 2. The normalized spacial score (nSPS) is 12.7. The molecule has 0 fully saturated rings. The van der Waals surface area contributed by atoms with Crippen LogP contribution in [0.25, 0.3) is 0 Å². The predicted octanol–water partition coefficient (Wildman–Crippen LogP) is 4.04. The van der Waals surface area contributed by atoms with E-state index >= 15 is 0 Å². The lowest BCUT2D eigenvalue weighted by molar-refractivity contribution is -0.385. The highest BCUT2D eigenvalue weighted by Crippen LogP contribution is 2.37. The third-order valence-corrected chi connectivity index (χ3v) is 4.78.